The molecule has 2 N–H and O–H groups in total. The van der Waals surface area contributed by atoms with Gasteiger partial charge >= 0.3 is 5.76 Å². The first kappa shape index (κ1) is 15.4. The van der Waals surface area contributed by atoms with Crippen molar-refractivity contribution in [1.82, 2.24) is 15.5 Å². The molecule has 2 rings (SSSR count). The van der Waals surface area contributed by atoms with E-state index in [1.807, 2.05) is 0 Å². The van der Waals surface area contributed by atoms with Gasteiger partial charge < -0.3 is 10.1 Å². The lowest BCUT2D eigenvalue weighted by Gasteiger charge is -2.15. The van der Waals surface area contributed by atoms with E-state index in [9.17, 15) is 9.59 Å². The second-order valence-electron chi connectivity index (χ2n) is 4.07. The molecular formula is C12H11Cl2N3O4. The van der Waals surface area contributed by atoms with Crippen LogP contribution in [0.5, 0.6) is 5.75 Å². The van der Waals surface area contributed by atoms with Gasteiger partial charge in [0.05, 0.1) is 11.6 Å². The Morgan fingerprint density at radius 1 is 1.52 bits per heavy atom. The van der Waals surface area contributed by atoms with Crippen molar-refractivity contribution in [3.05, 3.63) is 44.6 Å². The summed E-state index contributed by atoms with van der Waals surface area (Å²) in [6.45, 7) is 1.57. The van der Waals surface area contributed by atoms with Gasteiger partial charge in [-0.3, -0.25) is 14.3 Å². The average Bonchev–Trinajstić information content (AvgIpc) is 2.87. The summed E-state index contributed by atoms with van der Waals surface area (Å²) in [5.74, 6) is -0.577. The molecule has 21 heavy (non-hydrogen) atoms. The van der Waals surface area contributed by atoms with Crippen LogP contribution in [0.2, 0.25) is 10.0 Å². The number of H-pyrrole nitrogens is 1. The highest BCUT2D eigenvalue weighted by molar-refractivity contribution is 6.42. The van der Waals surface area contributed by atoms with E-state index < -0.39 is 17.8 Å². The number of aromatic nitrogens is 2. The summed E-state index contributed by atoms with van der Waals surface area (Å²) in [4.78, 5) is 24.9. The molecule has 0 aliphatic rings. The Kier molecular flexibility index (Phi) is 4.87. The number of amides is 1. The van der Waals surface area contributed by atoms with Crippen LogP contribution in [0, 0.1) is 0 Å². The van der Waals surface area contributed by atoms with Gasteiger partial charge in [-0.2, -0.15) is 0 Å². The molecule has 0 radical (unpaired) electrons. The molecule has 0 saturated heterocycles. The Bertz CT molecular complexity index is 698. The summed E-state index contributed by atoms with van der Waals surface area (Å²) in [5, 5.41) is 6.52. The third-order valence-electron chi connectivity index (χ3n) is 2.50. The molecule has 2 aromatic rings. The lowest BCUT2D eigenvalue weighted by molar-refractivity contribution is -0.127. The highest BCUT2D eigenvalue weighted by Gasteiger charge is 2.17. The lowest BCUT2D eigenvalue weighted by atomic mass is 10.3. The number of nitrogens with zero attached hydrogens (tertiary/aromatic N) is 1. The highest BCUT2D eigenvalue weighted by Crippen LogP contribution is 2.32. The number of halogens is 2. The maximum Gasteiger partial charge on any atom is 0.438 e. The summed E-state index contributed by atoms with van der Waals surface area (Å²) in [6.07, 6.45) is -0.806. The average molecular weight is 332 g/mol. The second kappa shape index (κ2) is 6.64. The number of aromatic amines is 1. The Labute approximate surface area is 129 Å². The molecule has 0 fully saturated rings. The Morgan fingerprint density at radius 3 is 2.95 bits per heavy atom. The molecule has 1 atom stereocenters. The number of carbonyl (C=O) groups is 1. The van der Waals surface area contributed by atoms with Crippen molar-refractivity contribution in [3.63, 3.8) is 0 Å². The Morgan fingerprint density at radius 2 is 2.29 bits per heavy atom. The normalized spacial score (nSPS) is 12.0. The molecular weight excluding hydrogens is 321 g/mol. The van der Waals surface area contributed by atoms with Crippen molar-refractivity contribution < 1.29 is 14.1 Å². The molecule has 0 saturated carbocycles. The first-order valence-electron chi connectivity index (χ1n) is 5.90. The predicted octanol–water partition coefficient (Wildman–Crippen LogP) is 1.75. The molecule has 0 spiro atoms. The van der Waals surface area contributed by atoms with Crippen molar-refractivity contribution in [3.8, 4) is 5.75 Å². The van der Waals surface area contributed by atoms with Gasteiger partial charge in [0.1, 0.15) is 10.8 Å². The number of hydrogen-bond acceptors (Lipinski definition) is 5. The zero-order valence-corrected chi connectivity index (χ0v) is 12.4. The summed E-state index contributed by atoms with van der Waals surface area (Å²) >= 11 is 11.8. The molecule has 1 aromatic heterocycles. The smallest absolute Gasteiger partial charge is 0.438 e. The van der Waals surface area contributed by atoms with Gasteiger partial charge in [0.15, 0.2) is 11.9 Å². The summed E-state index contributed by atoms with van der Waals surface area (Å²) in [5.41, 5.74) is 0. The van der Waals surface area contributed by atoms with Crippen LogP contribution in [0.15, 0.2) is 27.5 Å². The fourth-order valence-electron chi connectivity index (χ4n) is 1.47. The Hall–Kier alpha value is -1.99. The van der Waals surface area contributed by atoms with Crippen LogP contribution < -0.4 is 15.8 Å². The van der Waals surface area contributed by atoms with Crippen LogP contribution in [0.25, 0.3) is 0 Å². The van der Waals surface area contributed by atoms with Crippen molar-refractivity contribution in [2.24, 2.45) is 0 Å². The summed E-state index contributed by atoms with van der Waals surface area (Å²) in [6, 6.07) is 4.88. The number of nitrogens with one attached hydrogen (secondary N) is 2. The molecule has 0 unspecified atom stereocenters. The van der Waals surface area contributed by atoms with Gasteiger partial charge in [0.2, 0.25) is 0 Å². The number of ether oxygens (including phenoxy) is 1. The molecule has 1 heterocycles. The van der Waals surface area contributed by atoms with Gasteiger partial charge in [-0.05, 0) is 19.1 Å². The fourth-order valence-corrected chi connectivity index (χ4v) is 1.81. The lowest BCUT2D eigenvalue weighted by Crippen LogP contribution is -2.36. The SMILES string of the molecule is C[C@@H](Oc1cccc(Cl)c1Cl)C(=O)NCc1noc(=O)[nH]1. The van der Waals surface area contributed by atoms with E-state index in [0.717, 1.165) is 0 Å². The molecule has 112 valence electrons. The van der Waals surface area contributed by atoms with E-state index in [2.05, 4.69) is 20.0 Å². The Balaban J connectivity index is 1.93. The summed E-state index contributed by atoms with van der Waals surface area (Å²) in [7, 11) is 0. The molecule has 0 aliphatic heterocycles. The number of rotatable bonds is 5. The quantitative estimate of drug-likeness (QED) is 0.869. The molecule has 1 aromatic carbocycles. The van der Waals surface area contributed by atoms with Crippen LogP contribution >= 0.6 is 23.2 Å². The van der Waals surface area contributed by atoms with Crippen molar-refractivity contribution in [2.75, 3.05) is 0 Å². The van der Waals surface area contributed by atoms with Crippen LogP contribution in [-0.2, 0) is 11.3 Å². The van der Waals surface area contributed by atoms with Crippen LogP contribution in [0.4, 0.5) is 0 Å². The zero-order valence-electron chi connectivity index (χ0n) is 10.9. The minimum absolute atomic E-state index is 0.0154. The largest absolute Gasteiger partial charge is 0.479 e. The third kappa shape index (κ3) is 3.99. The van der Waals surface area contributed by atoms with E-state index in [4.69, 9.17) is 27.9 Å². The maximum absolute atomic E-state index is 11.9. The summed E-state index contributed by atoms with van der Waals surface area (Å²) < 4.78 is 9.74. The molecule has 0 bridgehead atoms. The number of benzene rings is 1. The van der Waals surface area contributed by atoms with E-state index >= 15 is 0 Å². The van der Waals surface area contributed by atoms with Crippen molar-refractivity contribution >= 4 is 29.1 Å². The third-order valence-corrected chi connectivity index (χ3v) is 3.31. The monoisotopic (exact) mass is 331 g/mol. The number of hydrogen-bond donors (Lipinski definition) is 2. The zero-order chi connectivity index (χ0) is 15.4. The standard InChI is InChI=1S/C12H11Cl2N3O4/c1-6(20-8-4-2-3-7(13)10(8)14)11(18)15-5-9-16-12(19)21-17-9/h2-4,6H,5H2,1H3,(H,15,18)(H,16,17,19)/t6-/m1/s1. The van der Waals surface area contributed by atoms with Crippen molar-refractivity contribution in [2.45, 2.75) is 19.6 Å². The molecule has 9 heteroatoms. The highest BCUT2D eigenvalue weighted by atomic mass is 35.5. The van der Waals surface area contributed by atoms with Crippen LogP contribution in [0.3, 0.4) is 0 Å². The first-order chi connectivity index (χ1) is 9.97. The molecule has 7 nitrogen and oxygen atoms in total. The van der Waals surface area contributed by atoms with E-state index in [0.29, 0.717) is 10.8 Å². The van der Waals surface area contributed by atoms with E-state index in [-0.39, 0.29) is 17.4 Å². The maximum atomic E-state index is 11.9. The van der Waals surface area contributed by atoms with Gasteiger partial charge in [-0.15, -0.1) is 0 Å². The molecule has 1 amide bonds. The van der Waals surface area contributed by atoms with E-state index in [1.54, 1.807) is 25.1 Å². The minimum atomic E-state index is -0.806. The number of carbonyl (C=O) groups excluding carboxylic acids is 1. The topological polar surface area (TPSA) is 97.2 Å². The first-order valence-corrected chi connectivity index (χ1v) is 6.66. The van der Waals surface area contributed by atoms with Gasteiger partial charge in [-0.1, -0.05) is 34.4 Å². The van der Waals surface area contributed by atoms with E-state index in [1.165, 1.54) is 0 Å². The second-order valence-corrected chi connectivity index (χ2v) is 4.86. The van der Waals surface area contributed by atoms with Crippen LogP contribution in [0.1, 0.15) is 12.7 Å². The van der Waals surface area contributed by atoms with Gasteiger partial charge in [0.25, 0.3) is 5.91 Å². The minimum Gasteiger partial charge on any atom is -0.479 e. The van der Waals surface area contributed by atoms with Crippen LogP contribution in [-0.4, -0.2) is 22.2 Å². The molecule has 0 aliphatic carbocycles. The predicted molar refractivity (Wildman–Crippen MR) is 75.5 cm³/mol. The van der Waals surface area contributed by atoms with Gasteiger partial charge in [0, 0.05) is 0 Å². The fraction of sp³-hybridized carbons (Fsp3) is 0.250. The van der Waals surface area contributed by atoms with Gasteiger partial charge in [-0.25, -0.2) is 4.79 Å². The van der Waals surface area contributed by atoms with Crippen molar-refractivity contribution in [1.29, 1.82) is 0 Å².